The number of para-hydroxylation sites is 1. The van der Waals surface area contributed by atoms with Gasteiger partial charge < -0.3 is 5.32 Å². The summed E-state index contributed by atoms with van der Waals surface area (Å²) in [6.07, 6.45) is 0. The maximum absolute atomic E-state index is 13.6. The fraction of sp³-hybridized carbons (Fsp3) is 0.200. The molecule has 0 aliphatic carbocycles. The Morgan fingerprint density at radius 2 is 1.94 bits per heavy atom. The second-order valence-electron chi connectivity index (χ2n) is 7.88. The van der Waals surface area contributed by atoms with E-state index in [0.717, 1.165) is 5.56 Å². The number of nitriles is 1. The summed E-state index contributed by atoms with van der Waals surface area (Å²) in [6, 6.07) is 18.6. The van der Waals surface area contributed by atoms with Crippen LogP contribution in [0.4, 0.5) is 5.69 Å². The summed E-state index contributed by atoms with van der Waals surface area (Å²) in [6.45, 7) is 6.07. The van der Waals surface area contributed by atoms with Crippen molar-refractivity contribution >= 4 is 33.1 Å². The van der Waals surface area contributed by atoms with E-state index in [-0.39, 0.29) is 17.4 Å². The molecule has 0 spiro atoms. The van der Waals surface area contributed by atoms with Gasteiger partial charge in [-0.25, -0.2) is 4.98 Å². The minimum Gasteiger partial charge on any atom is -0.321 e. The van der Waals surface area contributed by atoms with Crippen molar-refractivity contribution in [3.63, 3.8) is 0 Å². The predicted octanol–water partition coefficient (Wildman–Crippen LogP) is 5.06. The molecule has 4 rings (SSSR count). The average Bonchev–Trinajstić information content (AvgIpc) is 3.13. The molecular weight excluding hydrogens is 420 g/mol. The smallest absolute Gasteiger partial charge is 0.266 e. The summed E-state index contributed by atoms with van der Waals surface area (Å²) in [5.41, 5.74) is 2.55. The van der Waals surface area contributed by atoms with Crippen LogP contribution in [0.2, 0.25) is 0 Å². The van der Waals surface area contributed by atoms with Gasteiger partial charge in [0.1, 0.15) is 10.7 Å². The number of hydrogen-bond donors (Lipinski definition) is 1. The highest BCUT2D eigenvalue weighted by atomic mass is 32.1. The number of carbonyl (C=O) groups is 1. The Balaban J connectivity index is 1.81. The van der Waals surface area contributed by atoms with Crippen LogP contribution in [-0.4, -0.2) is 15.5 Å². The molecule has 0 saturated carbocycles. The fourth-order valence-electron chi connectivity index (χ4n) is 3.67. The summed E-state index contributed by atoms with van der Waals surface area (Å²) < 4.78 is 1.65. The van der Waals surface area contributed by atoms with Gasteiger partial charge >= 0.3 is 0 Å². The molecule has 0 fully saturated rings. The minimum atomic E-state index is -0.254. The number of anilines is 1. The van der Waals surface area contributed by atoms with E-state index in [1.54, 1.807) is 23.6 Å². The van der Waals surface area contributed by atoms with Crippen molar-refractivity contribution < 1.29 is 4.79 Å². The first-order chi connectivity index (χ1) is 15.4. The molecule has 2 aromatic carbocycles. The molecule has 0 aliphatic rings. The molecule has 0 radical (unpaired) electrons. The van der Waals surface area contributed by atoms with Gasteiger partial charge in [-0.1, -0.05) is 44.2 Å². The summed E-state index contributed by atoms with van der Waals surface area (Å²) in [5.74, 6) is 0.409. The van der Waals surface area contributed by atoms with Gasteiger partial charge in [-0.05, 0) is 42.3 Å². The third-order valence-corrected chi connectivity index (χ3v) is 6.42. The maximum atomic E-state index is 13.6. The minimum absolute atomic E-state index is 0.00949. The van der Waals surface area contributed by atoms with Crippen LogP contribution in [0.5, 0.6) is 0 Å². The molecule has 160 valence electrons. The fourth-order valence-corrected chi connectivity index (χ4v) is 4.75. The van der Waals surface area contributed by atoms with Crippen molar-refractivity contribution in [3.05, 3.63) is 92.3 Å². The van der Waals surface area contributed by atoms with Crippen LogP contribution in [0.1, 0.15) is 52.0 Å². The summed E-state index contributed by atoms with van der Waals surface area (Å²) in [7, 11) is 0. The number of nitrogens with zero attached hydrogens (tertiary/aromatic N) is 3. The molecule has 4 aromatic rings. The number of fused-ring (bicyclic) bond motifs is 1. The molecule has 32 heavy (non-hydrogen) atoms. The molecule has 1 amide bonds. The third-order valence-electron chi connectivity index (χ3n) is 5.23. The largest absolute Gasteiger partial charge is 0.321 e. The van der Waals surface area contributed by atoms with Gasteiger partial charge in [-0.3, -0.25) is 14.2 Å². The van der Waals surface area contributed by atoms with Crippen molar-refractivity contribution in [2.45, 2.75) is 33.2 Å². The lowest BCUT2D eigenvalue weighted by atomic mass is 10.1. The van der Waals surface area contributed by atoms with Gasteiger partial charge in [0.25, 0.3) is 11.5 Å². The first-order valence-corrected chi connectivity index (χ1v) is 11.1. The Hall–Kier alpha value is -3.76. The van der Waals surface area contributed by atoms with E-state index in [4.69, 9.17) is 4.98 Å². The zero-order valence-electron chi connectivity index (χ0n) is 18.0. The van der Waals surface area contributed by atoms with Crippen molar-refractivity contribution in [1.82, 2.24) is 9.55 Å². The Kier molecular flexibility index (Phi) is 5.89. The van der Waals surface area contributed by atoms with Crippen LogP contribution >= 0.6 is 11.3 Å². The van der Waals surface area contributed by atoms with E-state index in [9.17, 15) is 14.9 Å². The van der Waals surface area contributed by atoms with Gasteiger partial charge in [-0.2, -0.15) is 5.26 Å². The molecule has 1 N–H and O–H groups in total. The molecule has 0 aliphatic heterocycles. The molecule has 0 atom stereocenters. The normalized spacial score (nSPS) is 11.0. The maximum Gasteiger partial charge on any atom is 0.266 e. The zero-order valence-corrected chi connectivity index (χ0v) is 18.9. The topological polar surface area (TPSA) is 87.8 Å². The van der Waals surface area contributed by atoms with Crippen molar-refractivity contribution in [2.75, 3.05) is 5.32 Å². The molecule has 0 bridgehead atoms. The first kappa shape index (κ1) is 21.5. The molecule has 2 heterocycles. The monoisotopic (exact) mass is 442 g/mol. The van der Waals surface area contributed by atoms with E-state index in [0.29, 0.717) is 44.3 Å². The lowest BCUT2D eigenvalue weighted by Gasteiger charge is -2.15. The van der Waals surface area contributed by atoms with E-state index in [2.05, 4.69) is 11.4 Å². The Labute approximate surface area is 189 Å². The van der Waals surface area contributed by atoms with E-state index in [1.165, 1.54) is 11.3 Å². The van der Waals surface area contributed by atoms with Gasteiger partial charge in [0.2, 0.25) is 0 Å². The first-order valence-electron chi connectivity index (χ1n) is 10.3. The van der Waals surface area contributed by atoms with Crippen LogP contribution in [-0.2, 0) is 6.54 Å². The third kappa shape index (κ3) is 4.05. The second-order valence-corrected chi connectivity index (χ2v) is 8.88. The number of nitrogens with one attached hydrogen (secondary N) is 1. The number of aromatic nitrogens is 2. The number of thiophene rings is 1. The summed E-state index contributed by atoms with van der Waals surface area (Å²) >= 11 is 1.24. The van der Waals surface area contributed by atoms with Crippen LogP contribution < -0.4 is 10.9 Å². The quantitative estimate of drug-likeness (QED) is 0.468. The lowest BCUT2D eigenvalue weighted by molar-refractivity contribution is 0.103. The molecular formula is C25H22N4O2S. The van der Waals surface area contributed by atoms with Crippen LogP contribution in [0.15, 0.2) is 59.4 Å². The molecule has 7 heteroatoms. The highest BCUT2D eigenvalue weighted by molar-refractivity contribution is 7.20. The molecule has 6 nitrogen and oxygen atoms in total. The van der Waals surface area contributed by atoms with Gasteiger partial charge in [-0.15, -0.1) is 11.3 Å². The number of aryl methyl sites for hydroxylation is 1. The Bertz CT molecular complexity index is 1410. The highest BCUT2D eigenvalue weighted by Crippen LogP contribution is 2.29. The van der Waals surface area contributed by atoms with Gasteiger partial charge in [0.05, 0.1) is 28.4 Å². The Morgan fingerprint density at radius 3 is 2.62 bits per heavy atom. The SMILES string of the molecule is Cc1c(C(=O)Nc2ccccc2)sc2nc(C(C)C)n(Cc3cccc(C#N)c3)c(=O)c12. The van der Waals surface area contributed by atoms with Crippen molar-refractivity contribution in [3.8, 4) is 6.07 Å². The highest BCUT2D eigenvalue weighted by Gasteiger charge is 2.22. The predicted molar refractivity (Wildman–Crippen MR) is 127 cm³/mol. The lowest BCUT2D eigenvalue weighted by Crippen LogP contribution is -2.26. The van der Waals surface area contributed by atoms with Gasteiger partial charge in [0, 0.05) is 11.6 Å². The van der Waals surface area contributed by atoms with E-state index < -0.39 is 0 Å². The number of benzene rings is 2. The standard InChI is InChI=1S/C25H22N4O2S/c1-15(2)22-28-24-20(25(31)29(22)14-18-9-7-8-17(12-18)13-26)16(3)21(32-24)23(30)27-19-10-5-4-6-11-19/h4-12,15H,14H2,1-3H3,(H,27,30). The number of carbonyl (C=O) groups excluding carboxylic acids is 1. The number of amides is 1. The van der Waals surface area contributed by atoms with Crippen LogP contribution in [0.25, 0.3) is 10.2 Å². The molecule has 0 unspecified atom stereocenters. The van der Waals surface area contributed by atoms with Crippen LogP contribution in [0, 0.1) is 18.3 Å². The van der Waals surface area contributed by atoms with Gasteiger partial charge in [0.15, 0.2) is 0 Å². The van der Waals surface area contributed by atoms with Crippen molar-refractivity contribution in [1.29, 1.82) is 5.26 Å². The summed E-state index contributed by atoms with van der Waals surface area (Å²) in [4.78, 5) is 32.3. The average molecular weight is 443 g/mol. The number of rotatable bonds is 5. The molecule has 0 saturated heterocycles. The second kappa shape index (κ2) is 8.77. The number of hydrogen-bond acceptors (Lipinski definition) is 5. The van der Waals surface area contributed by atoms with Crippen LogP contribution in [0.3, 0.4) is 0 Å². The van der Waals surface area contributed by atoms with Crippen molar-refractivity contribution in [2.24, 2.45) is 0 Å². The summed E-state index contributed by atoms with van der Waals surface area (Å²) in [5, 5.41) is 12.6. The van der Waals surface area contributed by atoms with E-state index in [1.807, 2.05) is 56.3 Å². The Morgan fingerprint density at radius 1 is 1.19 bits per heavy atom. The van der Waals surface area contributed by atoms with E-state index >= 15 is 0 Å². The molecule has 2 aromatic heterocycles. The zero-order chi connectivity index (χ0) is 22.8.